The Bertz CT molecular complexity index is 343. The number of hydrogen-bond acceptors (Lipinski definition) is 3. The lowest BCUT2D eigenvalue weighted by Gasteiger charge is -2.14. The van der Waals surface area contributed by atoms with E-state index in [0.717, 1.165) is 11.3 Å². The lowest BCUT2D eigenvalue weighted by atomic mass is 10.1. The molecule has 0 aromatic heterocycles. The number of nitrogens with one attached hydrogen (secondary N) is 1. The first-order valence-corrected chi connectivity index (χ1v) is 4.85. The molecule has 0 amide bonds. The average Bonchev–Trinajstić information content (AvgIpc) is 2.45. The van der Waals surface area contributed by atoms with Crippen LogP contribution in [0.5, 0.6) is 5.75 Å². The van der Waals surface area contributed by atoms with Gasteiger partial charge in [0, 0.05) is 10.6 Å². The summed E-state index contributed by atoms with van der Waals surface area (Å²) in [6.07, 6.45) is 0.0587. The number of rotatable bonds is 2. The van der Waals surface area contributed by atoms with Crippen molar-refractivity contribution in [3.05, 3.63) is 28.8 Å². The van der Waals surface area contributed by atoms with E-state index in [-0.39, 0.29) is 12.1 Å². The molecule has 2 atom stereocenters. The molecule has 2 rings (SSSR count). The molecule has 0 fully saturated rings. The van der Waals surface area contributed by atoms with E-state index < -0.39 is 0 Å². The minimum absolute atomic E-state index is 0.0497. The molecule has 76 valence electrons. The van der Waals surface area contributed by atoms with Crippen LogP contribution in [0.3, 0.4) is 0 Å². The van der Waals surface area contributed by atoms with Gasteiger partial charge in [-0.3, -0.25) is 0 Å². The van der Waals surface area contributed by atoms with Crippen LogP contribution in [0.2, 0.25) is 5.02 Å². The van der Waals surface area contributed by atoms with Crippen molar-refractivity contribution < 1.29 is 9.57 Å². The maximum atomic E-state index is 5.91. The Balaban J connectivity index is 2.34. The summed E-state index contributed by atoms with van der Waals surface area (Å²) >= 11 is 5.91. The molecule has 1 aromatic carbocycles. The average molecular weight is 214 g/mol. The zero-order chi connectivity index (χ0) is 10.1. The lowest BCUT2D eigenvalue weighted by Crippen LogP contribution is -2.27. The Morgan fingerprint density at radius 2 is 2.29 bits per heavy atom. The highest BCUT2D eigenvalue weighted by Gasteiger charge is 2.31. The highest BCUT2D eigenvalue weighted by molar-refractivity contribution is 6.30. The molecule has 3 nitrogen and oxygen atoms in total. The molecule has 1 heterocycles. The maximum Gasteiger partial charge on any atom is 0.124 e. The van der Waals surface area contributed by atoms with Crippen LogP contribution in [0.4, 0.5) is 0 Å². The normalized spacial score (nSPS) is 24.5. The Hall–Kier alpha value is -0.770. The van der Waals surface area contributed by atoms with Crippen LogP contribution in [0.25, 0.3) is 0 Å². The molecule has 2 unspecified atom stereocenters. The second-order valence-corrected chi connectivity index (χ2v) is 3.74. The van der Waals surface area contributed by atoms with Crippen molar-refractivity contribution >= 4 is 11.6 Å². The summed E-state index contributed by atoms with van der Waals surface area (Å²) in [6.45, 7) is 1.99. The van der Waals surface area contributed by atoms with Crippen molar-refractivity contribution in [1.82, 2.24) is 5.48 Å². The Kier molecular flexibility index (Phi) is 2.63. The van der Waals surface area contributed by atoms with Crippen LogP contribution in [-0.4, -0.2) is 13.2 Å². The number of hydrogen-bond donors (Lipinski definition) is 1. The molecule has 0 saturated heterocycles. The minimum Gasteiger partial charge on any atom is -0.488 e. The largest absolute Gasteiger partial charge is 0.488 e. The molecule has 1 N–H and O–H groups in total. The molecule has 0 saturated carbocycles. The number of benzene rings is 1. The van der Waals surface area contributed by atoms with Crippen LogP contribution < -0.4 is 10.2 Å². The predicted octanol–water partition coefficient (Wildman–Crippen LogP) is 2.31. The third kappa shape index (κ3) is 1.59. The van der Waals surface area contributed by atoms with E-state index in [1.807, 2.05) is 25.1 Å². The molecular formula is C10H12ClNO2. The van der Waals surface area contributed by atoms with E-state index in [0.29, 0.717) is 5.02 Å². The van der Waals surface area contributed by atoms with Crippen LogP contribution >= 0.6 is 11.6 Å². The predicted molar refractivity (Wildman–Crippen MR) is 54.4 cm³/mol. The molecule has 0 radical (unpaired) electrons. The van der Waals surface area contributed by atoms with Crippen molar-refractivity contribution in [2.75, 3.05) is 7.11 Å². The van der Waals surface area contributed by atoms with Gasteiger partial charge < -0.3 is 9.57 Å². The van der Waals surface area contributed by atoms with Crippen LogP contribution in [0, 0.1) is 0 Å². The first-order valence-electron chi connectivity index (χ1n) is 4.47. The molecular weight excluding hydrogens is 202 g/mol. The van der Waals surface area contributed by atoms with Gasteiger partial charge in [-0.2, -0.15) is 5.48 Å². The van der Waals surface area contributed by atoms with E-state index in [1.54, 1.807) is 7.11 Å². The number of hydroxylamine groups is 1. The fourth-order valence-corrected chi connectivity index (χ4v) is 1.86. The third-order valence-electron chi connectivity index (χ3n) is 2.33. The van der Waals surface area contributed by atoms with Gasteiger partial charge in [-0.05, 0) is 25.1 Å². The van der Waals surface area contributed by atoms with Gasteiger partial charge in [0.1, 0.15) is 11.9 Å². The van der Waals surface area contributed by atoms with Crippen LogP contribution in [0.1, 0.15) is 18.5 Å². The van der Waals surface area contributed by atoms with Crippen molar-refractivity contribution in [3.8, 4) is 5.75 Å². The zero-order valence-electron chi connectivity index (χ0n) is 8.08. The van der Waals surface area contributed by atoms with Crippen molar-refractivity contribution in [3.63, 3.8) is 0 Å². The smallest absolute Gasteiger partial charge is 0.124 e. The Morgan fingerprint density at radius 3 is 3.00 bits per heavy atom. The monoisotopic (exact) mass is 213 g/mol. The van der Waals surface area contributed by atoms with Gasteiger partial charge in [0.05, 0.1) is 13.2 Å². The lowest BCUT2D eigenvalue weighted by molar-refractivity contribution is 0.0339. The fourth-order valence-electron chi connectivity index (χ4n) is 1.68. The quantitative estimate of drug-likeness (QED) is 0.765. The number of fused-ring (bicyclic) bond motifs is 1. The first-order chi connectivity index (χ1) is 6.72. The molecule has 1 aromatic rings. The molecule has 1 aliphatic rings. The molecule has 14 heavy (non-hydrogen) atoms. The zero-order valence-corrected chi connectivity index (χ0v) is 8.84. The second kappa shape index (κ2) is 3.77. The van der Waals surface area contributed by atoms with Crippen molar-refractivity contribution in [1.29, 1.82) is 0 Å². The SMILES string of the molecule is CONC1c2cc(Cl)ccc2OC1C. The topological polar surface area (TPSA) is 30.5 Å². The van der Waals surface area contributed by atoms with Gasteiger partial charge in [-0.15, -0.1) is 0 Å². The molecule has 4 heteroatoms. The van der Waals surface area contributed by atoms with Crippen molar-refractivity contribution in [2.45, 2.75) is 19.1 Å². The van der Waals surface area contributed by atoms with E-state index in [9.17, 15) is 0 Å². The van der Waals surface area contributed by atoms with E-state index in [4.69, 9.17) is 21.2 Å². The molecule has 0 spiro atoms. The van der Waals surface area contributed by atoms with Gasteiger partial charge in [-0.25, -0.2) is 0 Å². The third-order valence-corrected chi connectivity index (χ3v) is 2.57. The van der Waals surface area contributed by atoms with E-state index in [1.165, 1.54) is 0 Å². The molecule has 0 bridgehead atoms. The highest BCUT2D eigenvalue weighted by atomic mass is 35.5. The summed E-state index contributed by atoms with van der Waals surface area (Å²) in [5.74, 6) is 0.872. The number of halogens is 1. The van der Waals surface area contributed by atoms with Crippen LogP contribution in [0.15, 0.2) is 18.2 Å². The standard InChI is InChI=1S/C10H12ClNO2/c1-6-10(12-13-2)8-5-7(11)3-4-9(8)14-6/h3-6,10,12H,1-2H3. The summed E-state index contributed by atoms with van der Waals surface area (Å²) < 4.78 is 5.63. The summed E-state index contributed by atoms with van der Waals surface area (Å²) in [5.41, 5.74) is 3.94. The van der Waals surface area contributed by atoms with Crippen molar-refractivity contribution in [2.24, 2.45) is 0 Å². The Morgan fingerprint density at radius 1 is 1.50 bits per heavy atom. The highest BCUT2D eigenvalue weighted by Crippen LogP contribution is 2.37. The van der Waals surface area contributed by atoms with E-state index >= 15 is 0 Å². The van der Waals surface area contributed by atoms with Gasteiger partial charge in [0.2, 0.25) is 0 Å². The van der Waals surface area contributed by atoms with Gasteiger partial charge in [-0.1, -0.05) is 11.6 Å². The minimum atomic E-state index is 0.0497. The van der Waals surface area contributed by atoms with Crippen LogP contribution in [-0.2, 0) is 4.84 Å². The summed E-state index contributed by atoms with van der Waals surface area (Å²) in [5, 5.41) is 0.712. The van der Waals surface area contributed by atoms with Gasteiger partial charge >= 0.3 is 0 Å². The van der Waals surface area contributed by atoms with Gasteiger partial charge in [0.15, 0.2) is 0 Å². The molecule has 1 aliphatic heterocycles. The maximum absolute atomic E-state index is 5.91. The summed E-state index contributed by atoms with van der Waals surface area (Å²) in [7, 11) is 1.59. The first kappa shape index (κ1) is 9.77. The number of ether oxygens (including phenoxy) is 1. The fraction of sp³-hybridized carbons (Fsp3) is 0.400. The second-order valence-electron chi connectivity index (χ2n) is 3.30. The molecule has 0 aliphatic carbocycles. The summed E-state index contributed by atoms with van der Waals surface area (Å²) in [4.78, 5) is 4.92. The van der Waals surface area contributed by atoms with E-state index in [2.05, 4.69) is 5.48 Å². The Labute approximate surface area is 87.9 Å². The summed E-state index contributed by atoms with van der Waals surface area (Å²) in [6, 6.07) is 5.65. The van der Waals surface area contributed by atoms with Gasteiger partial charge in [0.25, 0.3) is 0 Å².